The minimum atomic E-state index is -0.426. The highest BCUT2D eigenvalue weighted by Gasteiger charge is 2.36. The van der Waals surface area contributed by atoms with Gasteiger partial charge in [0.25, 0.3) is 5.91 Å². The highest BCUT2D eigenvalue weighted by atomic mass is 35.5. The van der Waals surface area contributed by atoms with E-state index in [2.05, 4.69) is 16.3 Å². The molecular weight excluding hydrogens is 443 g/mol. The quantitative estimate of drug-likeness (QED) is 0.709. The molecule has 2 aliphatic heterocycles. The van der Waals surface area contributed by atoms with Gasteiger partial charge in [-0.25, -0.2) is 4.39 Å². The average molecular weight is 471 g/mol. The summed E-state index contributed by atoms with van der Waals surface area (Å²) in [7, 11) is 3.38. The Hall–Kier alpha value is -2.82. The molecule has 0 aliphatic carbocycles. The summed E-state index contributed by atoms with van der Waals surface area (Å²) < 4.78 is 19.4. The minimum absolute atomic E-state index is 0.0762. The number of hydrogen-bond acceptors (Lipinski definition) is 5. The van der Waals surface area contributed by atoms with Gasteiger partial charge in [-0.3, -0.25) is 9.69 Å². The second kappa shape index (κ2) is 9.58. The maximum atomic E-state index is 13.2. The number of rotatable bonds is 5. The topological polar surface area (TPSA) is 68.6 Å². The van der Waals surface area contributed by atoms with E-state index < -0.39 is 5.41 Å². The Balaban J connectivity index is 1.37. The number of fused-ring (bicyclic) bond motifs is 1. The van der Waals surface area contributed by atoms with Gasteiger partial charge < -0.3 is 15.0 Å². The number of piperidine rings is 1. The van der Waals surface area contributed by atoms with Crippen LogP contribution in [-0.2, 0) is 6.42 Å². The summed E-state index contributed by atoms with van der Waals surface area (Å²) in [5.41, 5.74) is 1.77. The standard InChI is InChI=1S/C25H28ClFN4O2/c1-30(2)24(32)20-11-23-22(12-21(20)26)29-14-19(33-23)15-31-9-7-25(16-28,8-10-31)13-17-3-5-18(27)6-4-17/h3-6,11-12,19,29H,7-10,13-15H2,1-2H3. The van der Waals surface area contributed by atoms with Gasteiger partial charge in [-0.15, -0.1) is 0 Å². The molecule has 2 aromatic rings. The summed E-state index contributed by atoms with van der Waals surface area (Å²) in [6.07, 6.45) is 2.08. The predicted octanol–water partition coefficient (Wildman–Crippen LogP) is 4.20. The molecule has 8 heteroatoms. The van der Waals surface area contributed by atoms with E-state index in [1.54, 1.807) is 38.4 Å². The molecule has 2 aromatic carbocycles. The predicted molar refractivity (Wildman–Crippen MR) is 126 cm³/mol. The fourth-order valence-corrected chi connectivity index (χ4v) is 4.76. The van der Waals surface area contributed by atoms with Gasteiger partial charge in [0, 0.05) is 20.6 Å². The largest absolute Gasteiger partial charge is 0.485 e. The number of nitriles is 1. The number of anilines is 1. The van der Waals surface area contributed by atoms with Crippen molar-refractivity contribution in [2.75, 3.05) is 45.6 Å². The first-order chi connectivity index (χ1) is 15.8. The van der Waals surface area contributed by atoms with Crippen molar-refractivity contribution >= 4 is 23.2 Å². The summed E-state index contributed by atoms with van der Waals surface area (Å²) in [5, 5.41) is 13.6. The summed E-state index contributed by atoms with van der Waals surface area (Å²) in [6.45, 7) is 2.96. The molecule has 174 valence electrons. The van der Waals surface area contributed by atoms with Crippen molar-refractivity contribution in [3.8, 4) is 11.8 Å². The number of amides is 1. The zero-order valence-corrected chi connectivity index (χ0v) is 19.7. The molecule has 33 heavy (non-hydrogen) atoms. The summed E-state index contributed by atoms with van der Waals surface area (Å²) in [6, 6.07) is 12.4. The third-order valence-corrected chi connectivity index (χ3v) is 6.80. The summed E-state index contributed by atoms with van der Waals surface area (Å²) in [5.74, 6) is 0.196. The second-order valence-electron chi connectivity index (χ2n) is 9.14. The van der Waals surface area contributed by atoms with Crippen LogP contribution in [0.25, 0.3) is 0 Å². The highest BCUT2D eigenvalue weighted by Crippen LogP contribution is 2.37. The molecule has 6 nitrogen and oxygen atoms in total. The van der Waals surface area contributed by atoms with Crippen LogP contribution < -0.4 is 10.1 Å². The van der Waals surface area contributed by atoms with E-state index >= 15 is 0 Å². The van der Waals surface area contributed by atoms with Crippen molar-refractivity contribution in [1.82, 2.24) is 9.80 Å². The Morgan fingerprint density at radius 2 is 2.00 bits per heavy atom. The maximum Gasteiger partial charge on any atom is 0.254 e. The van der Waals surface area contributed by atoms with Crippen LogP contribution in [0.15, 0.2) is 36.4 Å². The molecular formula is C25H28ClFN4O2. The lowest BCUT2D eigenvalue weighted by molar-refractivity contribution is 0.0823. The van der Waals surface area contributed by atoms with Crippen molar-refractivity contribution < 1.29 is 13.9 Å². The molecule has 1 saturated heterocycles. The highest BCUT2D eigenvalue weighted by molar-refractivity contribution is 6.34. The zero-order chi connectivity index (χ0) is 23.6. The van der Waals surface area contributed by atoms with E-state index in [0.29, 0.717) is 29.3 Å². The van der Waals surface area contributed by atoms with Crippen molar-refractivity contribution in [2.45, 2.75) is 25.4 Å². The van der Waals surface area contributed by atoms with Gasteiger partial charge in [0.15, 0.2) is 0 Å². The first-order valence-electron chi connectivity index (χ1n) is 11.1. The number of likely N-dealkylation sites (tertiary alicyclic amines) is 1. The Morgan fingerprint density at radius 1 is 1.30 bits per heavy atom. The van der Waals surface area contributed by atoms with Crippen LogP contribution in [0.2, 0.25) is 5.02 Å². The van der Waals surface area contributed by atoms with Crippen molar-refractivity contribution in [2.24, 2.45) is 5.41 Å². The Kier molecular flexibility index (Phi) is 6.78. The first-order valence-corrected chi connectivity index (χ1v) is 11.5. The Labute approximate surface area is 198 Å². The van der Waals surface area contributed by atoms with Crippen molar-refractivity contribution in [3.63, 3.8) is 0 Å². The Morgan fingerprint density at radius 3 is 2.64 bits per heavy atom. The maximum absolute atomic E-state index is 13.2. The number of nitrogens with zero attached hydrogens (tertiary/aromatic N) is 3. The fraction of sp³-hybridized carbons (Fsp3) is 0.440. The molecule has 1 unspecified atom stereocenters. The number of benzene rings is 2. The monoisotopic (exact) mass is 470 g/mol. The zero-order valence-electron chi connectivity index (χ0n) is 18.9. The van der Waals surface area contributed by atoms with Crippen LogP contribution in [0.3, 0.4) is 0 Å². The molecule has 0 aromatic heterocycles. The van der Waals surface area contributed by atoms with Crippen LogP contribution in [0, 0.1) is 22.6 Å². The van der Waals surface area contributed by atoms with Crippen LogP contribution >= 0.6 is 11.6 Å². The lowest BCUT2D eigenvalue weighted by atomic mass is 9.75. The number of hydrogen-bond donors (Lipinski definition) is 1. The minimum Gasteiger partial charge on any atom is -0.485 e. The van der Waals surface area contributed by atoms with E-state index in [-0.39, 0.29) is 17.8 Å². The number of nitrogens with one attached hydrogen (secondary N) is 1. The third kappa shape index (κ3) is 5.23. The molecule has 0 spiro atoms. The summed E-state index contributed by atoms with van der Waals surface area (Å²) in [4.78, 5) is 16.2. The molecule has 2 aliphatic rings. The molecule has 2 heterocycles. The number of carbonyl (C=O) groups is 1. The van der Waals surface area contributed by atoms with Crippen LogP contribution in [0.1, 0.15) is 28.8 Å². The Bertz CT molecular complexity index is 1060. The lowest BCUT2D eigenvalue weighted by Crippen LogP contribution is -2.47. The number of ether oxygens (including phenoxy) is 1. The van der Waals surface area contributed by atoms with Gasteiger partial charge in [0.1, 0.15) is 17.7 Å². The van der Waals surface area contributed by atoms with E-state index in [0.717, 1.165) is 43.7 Å². The van der Waals surface area contributed by atoms with Gasteiger partial charge in [-0.2, -0.15) is 5.26 Å². The van der Waals surface area contributed by atoms with Gasteiger partial charge in [-0.1, -0.05) is 23.7 Å². The van der Waals surface area contributed by atoms with E-state index in [1.807, 2.05) is 0 Å². The molecule has 4 rings (SSSR count). The SMILES string of the molecule is CN(C)C(=O)c1cc2c(cc1Cl)NCC(CN1CCC(C#N)(Cc3ccc(F)cc3)CC1)O2. The molecule has 1 fully saturated rings. The van der Waals surface area contributed by atoms with Gasteiger partial charge >= 0.3 is 0 Å². The smallest absolute Gasteiger partial charge is 0.254 e. The molecule has 0 saturated carbocycles. The first kappa shape index (κ1) is 23.3. The number of halogens is 2. The van der Waals surface area contributed by atoms with Crippen LogP contribution in [0.4, 0.5) is 10.1 Å². The molecule has 1 N–H and O–H groups in total. The molecule has 0 radical (unpaired) electrons. The second-order valence-corrected chi connectivity index (χ2v) is 9.55. The van der Waals surface area contributed by atoms with Crippen molar-refractivity contribution in [1.29, 1.82) is 5.26 Å². The van der Waals surface area contributed by atoms with E-state index in [9.17, 15) is 14.4 Å². The number of carbonyl (C=O) groups excluding carboxylic acids is 1. The lowest BCUT2D eigenvalue weighted by Gasteiger charge is -2.39. The molecule has 0 bridgehead atoms. The van der Waals surface area contributed by atoms with Crippen LogP contribution in [0.5, 0.6) is 5.75 Å². The van der Waals surface area contributed by atoms with Gasteiger partial charge in [-0.05, 0) is 62.2 Å². The molecule has 1 amide bonds. The van der Waals surface area contributed by atoms with Crippen molar-refractivity contribution in [3.05, 3.63) is 58.4 Å². The summed E-state index contributed by atoms with van der Waals surface area (Å²) >= 11 is 6.30. The average Bonchev–Trinajstić information content (AvgIpc) is 2.81. The van der Waals surface area contributed by atoms with Crippen LogP contribution in [-0.4, -0.2) is 62.1 Å². The third-order valence-electron chi connectivity index (χ3n) is 6.49. The molecule has 1 atom stereocenters. The van der Waals surface area contributed by atoms with E-state index in [1.165, 1.54) is 17.0 Å². The normalized spacial score (nSPS) is 19.5. The van der Waals surface area contributed by atoms with E-state index in [4.69, 9.17) is 16.3 Å². The fourth-order valence-electron chi connectivity index (χ4n) is 4.51. The van der Waals surface area contributed by atoms with Gasteiger partial charge in [0.05, 0.1) is 34.3 Å². The van der Waals surface area contributed by atoms with Gasteiger partial charge in [0.2, 0.25) is 0 Å².